The van der Waals surface area contributed by atoms with E-state index in [1.807, 2.05) is 31.2 Å². The molecule has 0 saturated carbocycles. The average molecular weight is 553 g/mol. The van der Waals surface area contributed by atoms with Gasteiger partial charge in [-0.2, -0.15) is 0 Å². The van der Waals surface area contributed by atoms with Gasteiger partial charge < -0.3 is 34.5 Å². The van der Waals surface area contributed by atoms with E-state index in [0.717, 1.165) is 18.4 Å². The molecule has 0 spiro atoms. The molecule has 4 bridgehead atoms. The fourth-order valence-electron chi connectivity index (χ4n) is 5.43. The molecule has 0 unspecified atom stereocenters. The normalized spacial score (nSPS) is 22.3. The van der Waals surface area contributed by atoms with Crippen molar-refractivity contribution in [1.29, 1.82) is 0 Å². The van der Waals surface area contributed by atoms with Crippen LogP contribution in [0.1, 0.15) is 35.7 Å². The maximum absolute atomic E-state index is 13.4. The molecule has 3 amide bonds. The van der Waals surface area contributed by atoms with Crippen molar-refractivity contribution < 1.29 is 33.3 Å². The summed E-state index contributed by atoms with van der Waals surface area (Å²) in [6.07, 6.45) is 1.11. The quantitative estimate of drug-likeness (QED) is 0.595. The smallest absolute Gasteiger partial charge is 0.409 e. The Kier molecular flexibility index (Phi) is 8.59. The third-order valence-corrected chi connectivity index (χ3v) is 7.60. The molecule has 2 fully saturated rings. The number of carbonyl (C=O) groups is 3. The number of methoxy groups -OCH3 is 1. The van der Waals surface area contributed by atoms with Crippen LogP contribution in [0.25, 0.3) is 0 Å². The number of piperidine rings is 1. The van der Waals surface area contributed by atoms with Crippen LogP contribution in [-0.4, -0.2) is 92.4 Å². The fourth-order valence-corrected chi connectivity index (χ4v) is 5.43. The number of benzene rings is 2. The van der Waals surface area contributed by atoms with Crippen molar-refractivity contribution in [1.82, 2.24) is 20.4 Å². The Morgan fingerprint density at radius 3 is 2.58 bits per heavy atom. The number of hydrogen-bond acceptors (Lipinski definition) is 8. The zero-order chi connectivity index (χ0) is 28.1. The van der Waals surface area contributed by atoms with Crippen LogP contribution in [0.5, 0.6) is 17.2 Å². The Bertz CT molecular complexity index is 1210. The summed E-state index contributed by atoms with van der Waals surface area (Å²) in [6, 6.07) is 12.5. The number of nitrogens with one attached hydrogen (secondary N) is 2. The van der Waals surface area contributed by atoms with Crippen molar-refractivity contribution in [3.05, 3.63) is 53.6 Å². The molecule has 11 heteroatoms. The number of ether oxygens (including phenoxy) is 4. The van der Waals surface area contributed by atoms with Gasteiger partial charge in [0, 0.05) is 44.3 Å². The standard InChI is InChI=1S/C29H36N4O7/c1-3-38-29(36)32-12-10-21(11-13-32)33-16-23-26(17-33)40-22-7-4-19(5-8-22)15-30-27(34)18-39-25-14-20(28(35)31-23)6-9-24(25)37-2/h4-9,14,21,23,26H,3,10-13,15-18H2,1-2H3,(H,30,34)(H,31,35)/t23-,26-/m0/s1. The number of rotatable bonds is 3. The van der Waals surface area contributed by atoms with Gasteiger partial charge in [-0.25, -0.2) is 4.79 Å². The SMILES string of the molecule is CCOC(=O)N1CCC(N2C[C@@H]3NC(=O)c4ccc(OC)c(c4)OCC(=O)NCc4ccc(cc4)O[C@H]3C2)CC1. The lowest BCUT2D eigenvalue weighted by atomic mass is 10.0. The van der Waals surface area contributed by atoms with Crippen molar-refractivity contribution in [2.75, 3.05) is 46.5 Å². The number of nitrogens with zero attached hydrogens (tertiary/aromatic N) is 2. The first-order valence-corrected chi connectivity index (χ1v) is 13.7. The Balaban J connectivity index is 1.35. The molecule has 2 saturated heterocycles. The Labute approximate surface area is 233 Å². The second-order valence-electron chi connectivity index (χ2n) is 10.2. The first kappa shape index (κ1) is 27.6. The molecule has 11 nitrogen and oxygen atoms in total. The first-order valence-electron chi connectivity index (χ1n) is 13.7. The van der Waals surface area contributed by atoms with Gasteiger partial charge in [0.05, 0.1) is 19.8 Å². The number of likely N-dealkylation sites (tertiary alicyclic amines) is 2. The molecular formula is C29H36N4O7. The fraction of sp³-hybridized carbons (Fsp3) is 0.483. The Morgan fingerprint density at radius 1 is 1.07 bits per heavy atom. The molecule has 4 aliphatic heterocycles. The van der Waals surface area contributed by atoms with E-state index in [-0.39, 0.29) is 42.7 Å². The van der Waals surface area contributed by atoms with E-state index < -0.39 is 0 Å². The molecule has 2 aromatic carbocycles. The molecule has 2 N–H and O–H groups in total. The highest BCUT2D eigenvalue weighted by molar-refractivity contribution is 5.95. The van der Waals surface area contributed by atoms with Crippen molar-refractivity contribution in [3.63, 3.8) is 0 Å². The second kappa shape index (κ2) is 12.5. The summed E-state index contributed by atoms with van der Waals surface area (Å²) < 4.78 is 22.7. The molecular weight excluding hydrogens is 516 g/mol. The minimum absolute atomic E-state index is 0.211. The highest BCUT2D eigenvalue weighted by Crippen LogP contribution is 2.29. The van der Waals surface area contributed by atoms with Gasteiger partial charge >= 0.3 is 6.09 Å². The van der Waals surface area contributed by atoms with E-state index in [2.05, 4.69) is 15.5 Å². The van der Waals surface area contributed by atoms with Crippen molar-refractivity contribution in [2.24, 2.45) is 0 Å². The monoisotopic (exact) mass is 552 g/mol. The predicted octanol–water partition coefficient (Wildman–Crippen LogP) is 2.19. The molecule has 0 aromatic heterocycles. The molecule has 40 heavy (non-hydrogen) atoms. The molecule has 0 aliphatic carbocycles. The summed E-state index contributed by atoms with van der Waals surface area (Å²) in [5.41, 5.74) is 1.32. The van der Waals surface area contributed by atoms with Gasteiger partial charge in [-0.3, -0.25) is 14.5 Å². The van der Waals surface area contributed by atoms with Crippen LogP contribution >= 0.6 is 0 Å². The van der Waals surface area contributed by atoms with E-state index in [4.69, 9.17) is 18.9 Å². The zero-order valence-electron chi connectivity index (χ0n) is 22.9. The van der Waals surface area contributed by atoms with E-state index >= 15 is 0 Å². The molecule has 2 aromatic rings. The van der Waals surface area contributed by atoms with Crippen LogP contribution in [0.2, 0.25) is 0 Å². The Hall–Kier alpha value is -3.99. The maximum atomic E-state index is 13.4. The summed E-state index contributed by atoms with van der Waals surface area (Å²) in [4.78, 5) is 42.0. The molecule has 4 heterocycles. The lowest BCUT2D eigenvalue weighted by Crippen LogP contribution is -2.47. The van der Waals surface area contributed by atoms with E-state index in [9.17, 15) is 14.4 Å². The lowest BCUT2D eigenvalue weighted by molar-refractivity contribution is -0.123. The molecule has 0 radical (unpaired) electrons. The topological polar surface area (TPSA) is 119 Å². The second-order valence-corrected chi connectivity index (χ2v) is 10.2. The maximum Gasteiger partial charge on any atom is 0.409 e. The molecule has 214 valence electrons. The highest BCUT2D eigenvalue weighted by Gasteiger charge is 2.40. The minimum atomic E-state index is -0.288. The van der Waals surface area contributed by atoms with Crippen LogP contribution in [0.15, 0.2) is 42.5 Å². The van der Waals surface area contributed by atoms with Crippen molar-refractivity contribution in [3.8, 4) is 17.2 Å². The summed E-state index contributed by atoms with van der Waals surface area (Å²) >= 11 is 0. The number of carbonyl (C=O) groups excluding carboxylic acids is 3. The van der Waals surface area contributed by atoms with Crippen molar-refractivity contribution >= 4 is 17.9 Å². The van der Waals surface area contributed by atoms with Gasteiger partial charge in [0.1, 0.15) is 11.9 Å². The van der Waals surface area contributed by atoms with Gasteiger partial charge in [0.2, 0.25) is 0 Å². The summed E-state index contributed by atoms with van der Waals surface area (Å²) in [5, 5.41) is 6.01. The number of fused-ring (bicyclic) bond motifs is 7. The van der Waals surface area contributed by atoms with E-state index in [0.29, 0.717) is 62.1 Å². The van der Waals surface area contributed by atoms with E-state index in [1.165, 1.54) is 7.11 Å². The Morgan fingerprint density at radius 2 is 1.85 bits per heavy atom. The average Bonchev–Trinajstić information content (AvgIpc) is 3.37. The predicted molar refractivity (Wildman–Crippen MR) is 146 cm³/mol. The summed E-state index contributed by atoms with van der Waals surface area (Å²) in [6.45, 7) is 4.85. The third-order valence-electron chi connectivity index (χ3n) is 7.60. The van der Waals surface area contributed by atoms with Crippen LogP contribution in [0.4, 0.5) is 4.79 Å². The van der Waals surface area contributed by atoms with Gasteiger partial charge in [-0.1, -0.05) is 12.1 Å². The van der Waals surface area contributed by atoms with Gasteiger partial charge in [-0.05, 0) is 55.7 Å². The van der Waals surface area contributed by atoms with Crippen LogP contribution in [-0.2, 0) is 16.1 Å². The van der Waals surface area contributed by atoms with E-state index in [1.54, 1.807) is 23.1 Å². The number of hydrogen-bond donors (Lipinski definition) is 2. The first-order chi connectivity index (χ1) is 19.4. The minimum Gasteiger partial charge on any atom is -0.493 e. The highest BCUT2D eigenvalue weighted by atomic mass is 16.6. The number of amides is 3. The third kappa shape index (κ3) is 6.41. The summed E-state index contributed by atoms with van der Waals surface area (Å²) in [5.74, 6) is 0.879. The van der Waals surface area contributed by atoms with Crippen LogP contribution in [0, 0.1) is 0 Å². The largest absolute Gasteiger partial charge is 0.493 e. The van der Waals surface area contributed by atoms with Gasteiger partial charge in [0.15, 0.2) is 18.1 Å². The van der Waals surface area contributed by atoms with Gasteiger partial charge in [0.25, 0.3) is 11.8 Å². The lowest BCUT2D eigenvalue weighted by Gasteiger charge is -2.36. The summed E-state index contributed by atoms with van der Waals surface area (Å²) in [7, 11) is 1.51. The van der Waals surface area contributed by atoms with Crippen LogP contribution in [0.3, 0.4) is 0 Å². The molecule has 6 rings (SSSR count). The molecule has 2 atom stereocenters. The van der Waals surface area contributed by atoms with Crippen LogP contribution < -0.4 is 24.8 Å². The van der Waals surface area contributed by atoms with Crippen molar-refractivity contribution in [2.45, 2.75) is 44.5 Å². The zero-order valence-corrected chi connectivity index (χ0v) is 22.9. The van der Waals surface area contributed by atoms with Gasteiger partial charge in [-0.15, -0.1) is 0 Å². The molecule has 4 aliphatic rings.